The lowest BCUT2D eigenvalue weighted by Crippen LogP contribution is -2.06. The maximum Gasteiger partial charge on any atom is 0.210 e. The minimum Gasteiger partial charge on any atom is -0.398 e. The highest BCUT2D eigenvalue weighted by Crippen LogP contribution is 2.27. The first kappa shape index (κ1) is 12.9. The van der Waals surface area contributed by atoms with E-state index in [-0.39, 0.29) is 5.78 Å². The van der Waals surface area contributed by atoms with Crippen LogP contribution in [-0.4, -0.2) is 10.8 Å². The standard InChI is InChI=1S/C14H15BrN2O/c1-7-8(2)13(17-9(7)3)14(18)10-5-4-6-11(16)12(10)15/h4-6,17H,16H2,1-3H3. The molecule has 18 heavy (non-hydrogen) atoms. The van der Waals surface area contributed by atoms with E-state index in [1.807, 2.05) is 20.8 Å². The summed E-state index contributed by atoms with van der Waals surface area (Å²) in [5.74, 6) is -0.0390. The fourth-order valence-electron chi connectivity index (χ4n) is 1.93. The van der Waals surface area contributed by atoms with Gasteiger partial charge < -0.3 is 10.7 Å². The molecule has 1 aromatic heterocycles. The Labute approximate surface area is 115 Å². The summed E-state index contributed by atoms with van der Waals surface area (Å²) in [5, 5.41) is 0. The molecule has 0 spiro atoms. The molecule has 1 heterocycles. The predicted octanol–water partition coefficient (Wildman–Crippen LogP) is 3.52. The first-order valence-corrected chi connectivity index (χ1v) is 6.47. The number of nitrogens with one attached hydrogen (secondary N) is 1. The predicted molar refractivity (Wildman–Crippen MR) is 77.0 cm³/mol. The molecule has 0 unspecified atom stereocenters. The molecule has 0 aliphatic rings. The van der Waals surface area contributed by atoms with Crippen molar-refractivity contribution in [3.63, 3.8) is 0 Å². The highest BCUT2D eigenvalue weighted by molar-refractivity contribution is 9.10. The fraction of sp³-hybridized carbons (Fsp3) is 0.214. The Bertz CT molecular complexity index is 629. The minimum atomic E-state index is -0.0390. The summed E-state index contributed by atoms with van der Waals surface area (Å²) in [7, 11) is 0. The molecule has 4 heteroatoms. The largest absolute Gasteiger partial charge is 0.398 e. The van der Waals surface area contributed by atoms with Crippen LogP contribution in [0, 0.1) is 20.8 Å². The first-order chi connectivity index (χ1) is 8.43. The number of ketones is 1. The second-order valence-corrected chi connectivity index (χ2v) is 5.21. The molecular weight excluding hydrogens is 292 g/mol. The number of H-pyrrole nitrogens is 1. The highest BCUT2D eigenvalue weighted by atomic mass is 79.9. The number of hydrogen-bond acceptors (Lipinski definition) is 2. The van der Waals surface area contributed by atoms with E-state index in [1.165, 1.54) is 0 Å². The smallest absolute Gasteiger partial charge is 0.210 e. The van der Waals surface area contributed by atoms with E-state index in [0.29, 0.717) is 21.4 Å². The summed E-state index contributed by atoms with van der Waals surface area (Å²) < 4.78 is 0.652. The van der Waals surface area contributed by atoms with Gasteiger partial charge in [0.15, 0.2) is 0 Å². The van der Waals surface area contributed by atoms with E-state index < -0.39 is 0 Å². The second kappa shape index (κ2) is 4.61. The third-order valence-electron chi connectivity index (χ3n) is 3.31. The first-order valence-electron chi connectivity index (χ1n) is 5.68. The van der Waals surface area contributed by atoms with Gasteiger partial charge in [-0.15, -0.1) is 0 Å². The third kappa shape index (κ3) is 1.97. The van der Waals surface area contributed by atoms with Crippen LogP contribution in [0.15, 0.2) is 22.7 Å². The Morgan fingerprint density at radius 3 is 2.44 bits per heavy atom. The number of anilines is 1. The number of carbonyl (C=O) groups excluding carboxylic acids is 1. The van der Waals surface area contributed by atoms with Crippen LogP contribution in [0.25, 0.3) is 0 Å². The molecule has 0 saturated carbocycles. The molecule has 1 aromatic carbocycles. The van der Waals surface area contributed by atoms with Crippen molar-refractivity contribution >= 4 is 27.4 Å². The number of benzene rings is 1. The number of aromatic nitrogens is 1. The van der Waals surface area contributed by atoms with Gasteiger partial charge in [0.1, 0.15) is 0 Å². The molecule has 94 valence electrons. The Balaban J connectivity index is 2.55. The summed E-state index contributed by atoms with van der Waals surface area (Å²) in [6.07, 6.45) is 0. The quantitative estimate of drug-likeness (QED) is 0.659. The van der Waals surface area contributed by atoms with Crippen molar-refractivity contribution in [2.24, 2.45) is 0 Å². The van der Waals surface area contributed by atoms with Crippen LogP contribution in [0.2, 0.25) is 0 Å². The highest BCUT2D eigenvalue weighted by Gasteiger charge is 2.19. The molecule has 3 nitrogen and oxygen atoms in total. The number of aryl methyl sites for hydroxylation is 1. The van der Waals surface area contributed by atoms with E-state index in [4.69, 9.17) is 5.73 Å². The summed E-state index contributed by atoms with van der Waals surface area (Å²) in [5.41, 5.74) is 10.7. The molecular formula is C14H15BrN2O. The van der Waals surface area contributed by atoms with Gasteiger partial charge in [0.2, 0.25) is 5.78 Å². The third-order valence-corrected chi connectivity index (χ3v) is 4.20. The number of nitrogens with two attached hydrogens (primary N) is 1. The topological polar surface area (TPSA) is 58.9 Å². The average Bonchev–Trinajstić information content (AvgIpc) is 2.60. The van der Waals surface area contributed by atoms with E-state index >= 15 is 0 Å². The lowest BCUT2D eigenvalue weighted by molar-refractivity contribution is 0.103. The molecule has 0 saturated heterocycles. The summed E-state index contributed by atoms with van der Waals surface area (Å²) in [6, 6.07) is 5.32. The van der Waals surface area contributed by atoms with Crippen LogP contribution in [-0.2, 0) is 0 Å². The van der Waals surface area contributed by atoms with Crippen LogP contribution in [0.5, 0.6) is 0 Å². The van der Waals surface area contributed by atoms with Crippen molar-refractivity contribution in [2.75, 3.05) is 5.73 Å². The Hall–Kier alpha value is -1.55. The van der Waals surface area contributed by atoms with Crippen LogP contribution >= 0.6 is 15.9 Å². The molecule has 2 rings (SSSR count). The van der Waals surface area contributed by atoms with Crippen molar-refractivity contribution in [1.29, 1.82) is 0 Å². The molecule has 0 aliphatic carbocycles. The maximum absolute atomic E-state index is 12.5. The van der Waals surface area contributed by atoms with Crippen molar-refractivity contribution in [3.8, 4) is 0 Å². The van der Waals surface area contributed by atoms with Gasteiger partial charge in [-0.1, -0.05) is 6.07 Å². The van der Waals surface area contributed by atoms with Crippen molar-refractivity contribution in [2.45, 2.75) is 20.8 Å². The summed E-state index contributed by atoms with van der Waals surface area (Å²) >= 11 is 3.37. The second-order valence-electron chi connectivity index (χ2n) is 4.41. The van der Waals surface area contributed by atoms with Crippen LogP contribution in [0.3, 0.4) is 0 Å². The zero-order valence-electron chi connectivity index (χ0n) is 10.6. The van der Waals surface area contributed by atoms with Gasteiger partial charge in [-0.3, -0.25) is 4.79 Å². The van der Waals surface area contributed by atoms with Crippen LogP contribution < -0.4 is 5.73 Å². The molecule has 2 aromatic rings. The molecule has 3 N–H and O–H groups in total. The Morgan fingerprint density at radius 2 is 1.89 bits per heavy atom. The molecule has 0 radical (unpaired) electrons. The molecule has 0 atom stereocenters. The van der Waals surface area contributed by atoms with E-state index in [0.717, 1.165) is 16.8 Å². The average molecular weight is 307 g/mol. The molecule has 0 fully saturated rings. The van der Waals surface area contributed by atoms with Crippen molar-refractivity contribution < 1.29 is 4.79 Å². The van der Waals surface area contributed by atoms with Gasteiger partial charge in [0.25, 0.3) is 0 Å². The maximum atomic E-state index is 12.5. The van der Waals surface area contributed by atoms with E-state index in [9.17, 15) is 4.79 Å². The van der Waals surface area contributed by atoms with Crippen LogP contribution in [0.1, 0.15) is 32.9 Å². The Kier molecular flexibility index (Phi) is 3.30. The van der Waals surface area contributed by atoms with Crippen molar-refractivity contribution in [1.82, 2.24) is 4.98 Å². The monoisotopic (exact) mass is 306 g/mol. The van der Waals surface area contributed by atoms with Gasteiger partial charge in [-0.2, -0.15) is 0 Å². The number of nitrogen functional groups attached to an aromatic ring is 1. The van der Waals surface area contributed by atoms with E-state index in [2.05, 4.69) is 20.9 Å². The summed E-state index contributed by atoms with van der Waals surface area (Å²) in [4.78, 5) is 15.6. The van der Waals surface area contributed by atoms with Gasteiger partial charge >= 0.3 is 0 Å². The molecule has 0 bridgehead atoms. The fourth-order valence-corrected chi connectivity index (χ4v) is 2.38. The lowest BCUT2D eigenvalue weighted by atomic mass is 10.0. The van der Waals surface area contributed by atoms with Gasteiger partial charge in [-0.05, 0) is 60.0 Å². The summed E-state index contributed by atoms with van der Waals surface area (Å²) in [6.45, 7) is 5.92. The Morgan fingerprint density at radius 1 is 1.22 bits per heavy atom. The van der Waals surface area contributed by atoms with E-state index in [1.54, 1.807) is 18.2 Å². The van der Waals surface area contributed by atoms with Gasteiger partial charge in [0.05, 0.1) is 10.2 Å². The van der Waals surface area contributed by atoms with Gasteiger partial charge in [-0.25, -0.2) is 0 Å². The minimum absolute atomic E-state index is 0.0390. The number of carbonyl (C=O) groups is 1. The zero-order chi connectivity index (χ0) is 13.4. The zero-order valence-corrected chi connectivity index (χ0v) is 12.2. The number of aromatic amines is 1. The molecule has 0 amide bonds. The number of rotatable bonds is 2. The lowest BCUT2D eigenvalue weighted by Gasteiger charge is -2.05. The van der Waals surface area contributed by atoms with Crippen LogP contribution in [0.4, 0.5) is 5.69 Å². The number of hydrogen-bond donors (Lipinski definition) is 2. The molecule has 0 aliphatic heterocycles. The van der Waals surface area contributed by atoms with Crippen molar-refractivity contribution in [3.05, 3.63) is 50.8 Å². The SMILES string of the molecule is Cc1[nH]c(C(=O)c2cccc(N)c2Br)c(C)c1C. The number of halogens is 1. The van der Waals surface area contributed by atoms with Gasteiger partial charge in [0, 0.05) is 16.9 Å². The normalized spacial score (nSPS) is 10.7.